The van der Waals surface area contributed by atoms with Crippen molar-refractivity contribution in [2.75, 3.05) is 24.7 Å². The van der Waals surface area contributed by atoms with Gasteiger partial charge in [-0.3, -0.25) is 14.2 Å². The lowest BCUT2D eigenvalue weighted by atomic mass is 10.2. The number of nitrogens with one attached hydrogen (secondary N) is 1. The first kappa shape index (κ1) is 16.1. The molecule has 8 heteroatoms. The molecule has 5 heterocycles. The Kier molecular flexibility index (Phi) is 3.71. The van der Waals surface area contributed by atoms with Gasteiger partial charge in [-0.1, -0.05) is 0 Å². The summed E-state index contributed by atoms with van der Waals surface area (Å²) in [5.41, 5.74) is 4.97. The third kappa shape index (κ3) is 2.60. The highest BCUT2D eigenvalue weighted by molar-refractivity contribution is 5.79. The van der Waals surface area contributed by atoms with Crippen LogP contribution in [0.25, 0.3) is 28.3 Å². The number of rotatable bonds is 3. The molecule has 138 valence electrons. The van der Waals surface area contributed by atoms with Gasteiger partial charge in [0.25, 0.3) is 0 Å². The number of H-pyrrole nitrogens is 1. The molecule has 0 bridgehead atoms. The van der Waals surface area contributed by atoms with Crippen LogP contribution in [-0.4, -0.2) is 55.2 Å². The lowest BCUT2D eigenvalue weighted by molar-refractivity contribution is 0.0985. The molecule has 1 aliphatic heterocycles. The maximum absolute atomic E-state index is 5.61. The van der Waals surface area contributed by atoms with Crippen LogP contribution in [0.3, 0.4) is 0 Å². The minimum atomic E-state index is 0.277. The quantitative estimate of drug-likeness (QED) is 0.605. The average Bonchev–Trinajstić information content (AvgIpc) is 3.41. The highest BCUT2D eigenvalue weighted by Crippen LogP contribution is 2.31. The fourth-order valence-electron chi connectivity index (χ4n) is 3.72. The molecule has 0 radical (unpaired) electrons. The summed E-state index contributed by atoms with van der Waals surface area (Å²) in [6.07, 6.45) is 5.63. The molecule has 1 saturated heterocycles. The van der Waals surface area contributed by atoms with Crippen LogP contribution in [0.5, 0.6) is 0 Å². The highest BCUT2D eigenvalue weighted by atomic mass is 16.5. The van der Waals surface area contributed by atoms with Crippen LogP contribution in [0.4, 0.5) is 5.82 Å². The van der Waals surface area contributed by atoms with Gasteiger partial charge in [0.1, 0.15) is 11.5 Å². The average molecular weight is 363 g/mol. The summed E-state index contributed by atoms with van der Waals surface area (Å²) in [4.78, 5) is 7.33. The van der Waals surface area contributed by atoms with Crippen molar-refractivity contribution in [3.05, 3.63) is 42.9 Å². The zero-order valence-corrected chi connectivity index (χ0v) is 15.3. The molecular weight excluding hydrogens is 342 g/mol. The molecule has 4 aromatic heterocycles. The van der Waals surface area contributed by atoms with E-state index in [-0.39, 0.29) is 6.04 Å². The molecule has 0 saturated carbocycles. The molecule has 0 spiro atoms. The summed E-state index contributed by atoms with van der Waals surface area (Å²) in [6, 6.07) is 8.48. The van der Waals surface area contributed by atoms with Crippen LogP contribution in [0.1, 0.15) is 6.92 Å². The van der Waals surface area contributed by atoms with Crippen molar-refractivity contribution in [3.63, 3.8) is 0 Å². The maximum Gasteiger partial charge on any atom is 0.149 e. The number of aromatic nitrogens is 6. The number of aryl methyl sites for hydroxylation is 1. The van der Waals surface area contributed by atoms with Crippen molar-refractivity contribution in [2.24, 2.45) is 7.05 Å². The van der Waals surface area contributed by atoms with Crippen molar-refractivity contribution in [1.82, 2.24) is 29.4 Å². The van der Waals surface area contributed by atoms with Crippen LogP contribution in [0.2, 0.25) is 0 Å². The predicted octanol–water partition coefficient (Wildman–Crippen LogP) is 2.35. The SMILES string of the molecule is CC1COCCN1c1cc(-c2ccnn2C)n2ccc(-c3ccn[nH]3)c2n1. The van der Waals surface area contributed by atoms with Gasteiger partial charge in [0.2, 0.25) is 0 Å². The minimum absolute atomic E-state index is 0.277. The van der Waals surface area contributed by atoms with Gasteiger partial charge in [0.15, 0.2) is 0 Å². The van der Waals surface area contributed by atoms with E-state index in [2.05, 4.69) is 43.7 Å². The second kappa shape index (κ2) is 6.24. The van der Waals surface area contributed by atoms with Gasteiger partial charge in [-0.15, -0.1) is 0 Å². The molecule has 8 nitrogen and oxygen atoms in total. The number of hydrogen-bond acceptors (Lipinski definition) is 5. The van der Waals surface area contributed by atoms with Crippen molar-refractivity contribution < 1.29 is 4.74 Å². The van der Waals surface area contributed by atoms with Crippen molar-refractivity contribution in [1.29, 1.82) is 0 Å². The normalized spacial score (nSPS) is 17.7. The number of aromatic amines is 1. The lowest BCUT2D eigenvalue weighted by Crippen LogP contribution is -2.44. The standard InChI is InChI=1S/C19H21N7O/c1-13-12-27-10-9-25(13)18-11-17(16-4-7-21-24(16)2)26-8-5-14(19(26)22-18)15-3-6-20-23-15/h3-8,11,13H,9-10,12H2,1-2H3,(H,20,23). The topological polar surface area (TPSA) is 76.3 Å². The summed E-state index contributed by atoms with van der Waals surface area (Å²) in [6.45, 7) is 4.42. The smallest absolute Gasteiger partial charge is 0.149 e. The third-order valence-corrected chi connectivity index (χ3v) is 5.14. The van der Waals surface area contributed by atoms with Crippen molar-refractivity contribution >= 4 is 11.5 Å². The first-order chi connectivity index (χ1) is 13.2. The molecular formula is C19H21N7O. The predicted molar refractivity (Wildman–Crippen MR) is 103 cm³/mol. The lowest BCUT2D eigenvalue weighted by Gasteiger charge is -2.34. The van der Waals surface area contributed by atoms with E-state index in [1.54, 1.807) is 6.20 Å². The van der Waals surface area contributed by atoms with Gasteiger partial charge >= 0.3 is 0 Å². The van der Waals surface area contributed by atoms with Gasteiger partial charge in [-0.05, 0) is 25.1 Å². The Balaban J connectivity index is 1.76. The first-order valence-corrected chi connectivity index (χ1v) is 9.07. The molecule has 0 aliphatic carbocycles. The van der Waals surface area contributed by atoms with E-state index in [0.29, 0.717) is 13.2 Å². The molecule has 0 amide bonds. The second-order valence-electron chi connectivity index (χ2n) is 6.85. The Morgan fingerprint density at radius 1 is 1.19 bits per heavy atom. The van der Waals surface area contributed by atoms with Gasteiger partial charge in [-0.2, -0.15) is 10.2 Å². The molecule has 5 rings (SSSR count). The van der Waals surface area contributed by atoms with Crippen LogP contribution >= 0.6 is 0 Å². The number of anilines is 1. The summed E-state index contributed by atoms with van der Waals surface area (Å²) in [5, 5.41) is 11.5. The summed E-state index contributed by atoms with van der Waals surface area (Å²) >= 11 is 0. The van der Waals surface area contributed by atoms with E-state index >= 15 is 0 Å². The van der Waals surface area contributed by atoms with Crippen LogP contribution in [0.15, 0.2) is 42.9 Å². The van der Waals surface area contributed by atoms with E-state index in [9.17, 15) is 0 Å². The highest BCUT2D eigenvalue weighted by Gasteiger charge is 2.23. The van der Waals surface area contributed by atoms with Gasteiger partial charge < -0.3 is 9.64 Å². The van der Waals surface area contributed by atoms with E-state index in [4.69, 9.17) is 9.72 Å². The number of hydrogen-bond donors (Lipinski definition) is 1. The Labute approximate surface area is 156 Å². The zero-order chi connectivity index (χ0) is 18.4. The maximum atomic E-state index is 5.61. The summed E-state index contributed by atoms with van der Waals surface area (Å²) in [7, 11) is 1.96. The van der Waals surface area contributed by atoms with Crippen molar-refractivity contribution in [3.8, 4) is 22.6 Å². The van der Waals surface area contributed by atoms with E-state index in [1.165, 1.54) is 0 Å². The number of nitrogens with zero attached hydrogens (tertiary/aromatic N) is 6. The third-order valence-electron chi connectivity index (χ3n) is 5.14. The Hall–Kier alpha value is -3.13. The van der Waals surface area contributed by atoms with Crippen molar-refractivity contribution in [2.45, 2.75) is 13.0 Å². The Morgan fingerprint density at radius 3 is 2.85 bits per heavy atom. The molecule has 0 aromatic carbocycles. The molecule has 1 aliphatic rings. The second-order valence-corrected chi connectivity index (χ2v) is 6.85. The minimum Gasteiger partial charge on any atom is -0.377 e. The first-order valence-electron chi connectivity index (χ1n) is 9.07. The molecule has 1 unspecified atom stereocenters. The molecule has 4 aromatic rings. The van der Waals surface area contributed by atoms with E-state index in [1.807, 2.05) is 36.3 Å². The summed E-state index contributed by atoms with van der Waals surface area (Å²) in [5.74, 6) is 0.953. The van der Waals surface area contributed by atoms with Crippen LogP contribution in [-0.2, 0) is 11.8 Å². The fraction of sp³-hybridized carbons (Fsp3) is 0.316. The largest absolute Gasteiger partial charge is 0.377 e. The monoisotopic (exact) mass is 363 g/mol. The number of ether oxygens (including phenoxy) is 1. The number of fused-ring (bicyclic) bond motifs is 1. The molecule has 1 atom stereocenters. The van der Waals surface area contributed by atoms with Crippen LogP contribution < -0.4 is 4.90 Å². The molecule has 1 N–H and O–H groups in total. The zero-order valence-electron chi connectivity index (χ0n) is 15.3. The molecule has 1 fully saturated rings. The van der Waals surface area contributed by atoms with E-state index < -0.39 is 0 Å². The fourth-order valence-corrected chi connectivity index (χ4v) is 3.72. The van der Waals surface area contributed by atoms with E-state index in [0.717, 1.165) is 40.7 Å². The van der Waals surface area contributed by atoms with Gasteiger partial charge in [0.05, 0.1) is 36.3 Å². The van der Waals surface area contributed by atoms with Gasteiger partial charge in [-0.25, -0.2) is 4.98 Å². The summed E-state index contributed by atoms with van der Waals surface area (Å²) < 4.78 is 9.61. The Morgan fingerprint density at radius 2 is 2.11 bits per heavy atom. The number of morpholine rings is 1. The van der Waals surface area contributed by atoms with Crippen LogP contribution in [0, 0.1) is 0 Å². The van der Waals surface area contributed by atoms with Gasteiger partial charge in [0, 0.05) is 43.8 Å². The molecule has 27 heavy (non-hydrogen) atoms. The Bertz CT molecular complexity index is 1080.